The van der Waals surface area contributed by atoms with Crippen LogP contribution in [0.5, 0.6) is 0 Å². The van der Waals surface area contributed by atoms with E-state index in [1.165, 1.54) is 42.6 Å². The van der Waals surface area contributed by atoms with Crippen molar-refractivity contribution in [2.24, 2.45) is 0 Å². The van der Waals surface area contributed by atoms with Crippen LogP contribution in [0.1, 0.15) is 48.6 Å². The molecule has 0 N–H and O–H groups in total. The first-order chi connectivity index (χ1) is 7.25. The van der Waals surface area contributed by atoms with Crippen LogP contribution in [0.3, 0.4) is 0 Å². The maximum absolute atomic E-state index is 4.63. The van der Waals surface area contributed by atoms with E-state index in [4.69, 9.17) is 0 Å². The van der Waals surface area contributed by atoms with Crippen LogP contribution in [-0.2, 0) is 0 Å². The number of rotatable bonds is 3. The molecule has 1 heterocycles. The van der Waals surface area contributed by atoms with Crippen molar-refractivity contribution < 1.29 is 0 Å². The summed E-state index contributed by atoms with van der Waals surface area (Å²) >= 11 is 0. The lowest BCUT2D eigenvalue weighted by molar-refractivity contribution is 0.974. The van der Waals surface area contributed by atoms with Gasteiger partial charge in [-0.25, -0.2) is 4.98 Å². The van der Waals surface area contributed by atoms with Crippen molar-refractivity contribution >= 4 is 5.82 Å². The summed E-state index contributed by atoms with van der Waals surface area (Å²) in [7, 11) is 4.18. The van der Waals surface area contributed by atoms with Gasteiger partial charge in [0, 0.05) is 20.3 Å². The molecular weight excluding hydrogens is 184 g/mol. The number of pyridine rings is 1. The lowest BCUT2D eigenvalue weighted by Crippen LogP contribution is -2.13. The molecule has 0 unspecified atom stereocenters. The number of anilines is 1. The maximum atomic E-state index is 4.63. The lowest BCUT2D eigenvalue weighted by Gasteiger charge is -2.16. The highest BCUT2D eigenvalue weighted by Gasteiger charge is 2.30. The molecule has 80 valence electrons. The molecule has 15 heavy (non-hydrogen) atoms. The highest BCUT2D eigenvalue weighted by molar-refractivity contribution is 5.51. The number of nitrogens with zero attached hydrogens (tertiary/aromatic N) is 2. The van der Waals surface area contributed by atoms with Crippen molar-refractivity contribution in [2.75, 3.05) is 19.0 Å². The van der Waals surface area contributed by atoms with Crippen molar-refractivity contribution in [1.82, 2.24) is 4.98 Å². The van der Waals surface area contributed by atoms with Crippen molar-refractivity contribution in [2.45, 2.75) is 37.5 Å². The third-order valence-electron chi connectivity index (χ3n) is 3.41. The topological polar surface area (TPSA) is 16.1 Å². The van der Waals surface area contributed by atoms with Crippen molar-refractivity contribution in [3.63, 3.8) is 0 Å². The number of hydrogen-bond acceptors (Lipinski definition) is 2. The van der Waals surface area contributed by atoms with E-state index in [9.17, 15) is 0 Å². The zero-order valence-corrected chi connectivity index (χ0v) is 9.53. The third kappa shape index (κ3) is 1.73. The molecule has 2 heteroatoms. The van der Waals surface area contributed by atoms with Crippen LogP contribution >= 0.6 is 0 Å². The van der Waals surface area contributed by atoms with Gasteiger partial charge in [0.25, 0.3) is 0 Å². The first kappa shape index (κ1) is 9.20. The highest BCUT2D eigenvalue weighted by Crippen LogP contribution is 2.46. The lowest BCUT2D eigenvalue weighted by atomic mass is 10.1. The molecule has 0 bridgehead atoms. The van der Waals surface area contributed by atoms with Gasteiger partial charge >= 0.3 is 0 Å². The van der Waals surface area contributed by atoms with E-state index in [1.54, 1.807) is 0 Å². The van der Waals surface area contributed by atoms with Gasteiger partial charge in [-0.3, -0.25) is 0 Å². The van der Waals surface area contributed by atoms with Gasteiger partial charge in [-0.1, -0.05) is 6.07 Å². The minimum atomic E-state index is 0.800. The van der Waals surface area contributed by atoms with E-state index in [1.807, 2.05) is 0 Å². The largest absolute Gasteiger partial charge is 0.363 e. The van der Waals surface area contributed by atoms with Crippen LogP contribution in [0.2, 0.25) is 0 Å². The minimum Gasteiger partial charge on any atom is -0.363 e. The molecule has 0 aromatic carbocycles. The van der Waals surface area contributed by atoms with Gasteiger partial charge in [0.15, 0.2) is 0 Å². The van der Waals surface area contributed by atoms with Gasteiger partial charge in [-0.15, -0.1) is 0 Å². The summed E-state index contributed by atoms with van der Waals surface area (Å²) in [4.78, 5) is 6.77. The molecule has 3 rings (SSSR count). The van der Waals surface area contributed by atoms with Gasteiger partial charge in [0.1, 0.15) is 5.82 Å². The standard InChI is InChI=1S/C13H18N2/c1-15(2)13-12(10-5-6-10)7-11(8-14-13)9-3-4-9/h7-10H,3-6H2,1-2H3. The predicted octanol–water partition coefficient (Wildman–Crippen LogP) is 2.90. The molecule has 1 aromatic rings. The molecule has 2 nitrogen and oxygen atoms in total. The summed E-state index contributed by atoms with van der Waals surface area (Å²) < 4.78 is 0. The molecule has 0 saturated heterocycles. The highest BCUT2D eigenvalue weighted by atomic mass is 15.1. The Hall–Kier alpha value is -1.05. The van der Waals surface area contributed by atoms with E-state index in [0.29, 0.717) is 0 Å². The Morgan fingerprint density at radius 1 is 1.13 bits per heavy atom. The molecule has 2 aliphatic carbocycles. The van der Waals surface area contributed by atoms with Crippen molar-refractivity contribution in [3.05, 3.63) is 23.4 Å². The van der Waals surface area contributed by atoms with Gasteiger partial charge in [-0.05, 0) is 48.6 Å². The Morgan fingerprint density at radius 3 is 2.33 bits per heavy atom. The summed E-state index contributed by atoms with van der Waals surface area (Å²) in [5.41, 5.74) is 2.96. The van der Waals surface area contributed by atoms with Crippen LogP contribution in [0.25, 0.3) is 0 Å². The molecule has 2 fully saturated rings. The molecule has 0 radical (unpaired) electrons. The second-order valence-corrected chi connectivity index (χ2v) is 5.12. The Balaban J connectivity index is 1.99. The Morgan fingerprint density at radius 2 is 1.80 bits per heavy atom. The smallest absolute Gasteiger partial charge is 0.131 e. The van der Waals surface area contributed by atoms with E-state index in [-0.39, 0.29) is 0 Å². The molecule has 0 aliphatic heterocycles. The first-order valence-corrected chi connectivity index (χ1v) is 5.93. The van der Waals surface area contributed by atoms with Crippen LogP contribution in [0, 0.1) is 0 Å². The molecule has 0 amide bonds. The van der Waals surface area contributed by atoms with Crippen molar-refractivity contribution in [1.29, 1.82) is 0 Å². The third-order valence-corrected chi connectivity index (χ3v) is 3.41. The Labute approximate surface area is 91.3 Å². The monoisotopic (exact) mass is 202 g/mol. The fraction of sp³-hybridized carbons (Fsp3) is 0.615. The van der Waals surface area contributed by atoms with Gasteiger partial charge < -0.3 is 4.90 Å². The normalized spacial score (nSPS) is 20.4. The Kier molecular flexibility index (Phi) is 1.98. The zero-order chi connectivity index (χ0) is 10.4. The molecule has 0 spiro atoms. The SMILES string of the molecule is CN(C)c1ncc(C2CC2)cc1C1CC1. The van der Waals surface area contributed by atoms with E-state index in [0.717, 1.165) is 11.8 Å². The fourth-order valence-corrected chi connectivity index (χ4v) is 2.20. The zero-order valence-electron chi connectivity index (χ0n) is 9.53. The van der Waals surface area contributed by atoms with Crippen molar-refractivity contribution in [3.8, 4) is 0 Å². The Bertz CT molecular complexity index is 376. The molecule has 1 aromatic heterocycles. The second-order valence-electron chi connectivity index (χ2n) is 5.12. The summed E-state index contributed by atoms with van der Waals surface area (Å²) in [5, 5.41) is 0. The average molecular weight is 202 g/mol. The molecule has 2 aliphatic rings. The van der Waals surface area contributed by atoms with Crippen LogP contribution in [0.15, 0.2) is 12.3 Å². The van der Waals surface area contributed by atoms with Crippen LogP contribution in [0.4, 0.5) is 5.82 Å². The molecule has 2 saturated carbocycles. The van der Waals surface area contributed by atoms with Crippen LogP contribution < -0.4 is 4.90 Å². The molecular formula is C13H18N2. The van der Waals surface area contributed by atoms with E-state index in [2.05, 4.69) is 36.2 Å². The maximum Gasteiger partial charge on any atom is 0.131 e. The van der Waals surface area contributed by atoms with E-state index < -0.39 is 0 Å². The summed E-state index contributed by atoms with van der Waals surface area (Å²) in [6.07, 6.45) is 7.53. The number of aromatic nitrogens is 1. The fourth-order valence-electron chi connectivity index (χ4n) is 2.20. The first-order valence-electron chi connectivity index (χ1n) is 5.93. The van der Waals surface area contributed by atoms with Gasteiger partial charge in [0.2, 0.25) is 0 Å². The van der Waals surface area contributed by atoms with Gasteiger partial charge in [-0.2, -0.15) is 0 Å². The second kappa shape index (κ2) is 3.22. The molecule has 0 atom stereocenters. The average Bonchev–Trinajstić information content (AvgIpc) is 3.07. The summed E-state index contributed by atoms with van der Waals surface area (Å²) in [5.74, 6) is 2.81. The number of hydrogen-bond donors (Lipinski definition) is 0. The van der Waals surface area contributed by atoms with Gasteiger partial charge in [0.05, 0.1) is 0 Å². The minimum absolute atomic E-state index is 0.800. The van der Waals surface area contributed by atoms with Crippen LogP contribution in [-0.4, -0.2) is 19.1 Å². The van der Waals surface area contributed by atoms with E-state index >= 15 is 0 Å². The quantitative estimate of drug-likeness (QED) is 0.749. The predicted molar refractivity (Wildman–Crippen MR) is 62.5 cm³/mol. The summed E-state index contributed by atoms with van der Waals surface area (Å²) in [6.45, 7) is 0. The summed E-state index contributed by atoms with van der Waals surface area (Å²) in [6, 6.07) is 2.41.